The summed E-state index contributed by atoms with van der Waals surface area (Å²) in [6.45, 7) is 0. The van der Waals surface area contributed by atoms with Crippen molar-refractivity contribution in [1.29, 1.82) is 0 Å². The third-order valence-corrected chi connectivity index (χ3v) is 4.20. The second kappa shape index (κ2) is 6.44. The van der Waals surface area contributed by atoms with E-state index in [0.717, 1.165) is 24.3 Å². The van der Waals surface area contributed by atoms with Gasteiger partial charge in [0, 0.05) is 0 Å². The number of methoxy groups -OCH3 is 1. The van der Waals surface area contributed by atoms with Crippen LogP contribution in [0.5, 0.6) is 5.75 Å². The van der Waals surface area contributed by atoms with Crippen LogP contribution in [0.2, 0.25) is 5.02 Å². The molecule has 18 heavy (non-hydrogen) atoms. The lowest BCUT2D eigenvalue weighted by molar-refractivity contribution is 0.156. The molecule has 1 aliphatic carbocycles. The molecule has 1 aliphatic rings. The zero-order valence-electron chi connectivity index (χ0n) is 10.9. The fourth-order valence-corrected chi connectivity index (χ4v) is 2.94. The number of ether oxygens (including phenoxy) is 1. The Labute approximate surface area is 114 Å². The van der Waals surface area contributed by atoms with E-state index in [1.165, 1.54) is 25.7 Å². The SMILES string of the molecule is COc1cc(C(O)CCC2CCCC2)ccc1Cl. The van der Waals surface area contributed by atoms with Gasteiger partial charge in [0.1, 0.15) is 5.75 Å². The van der Waals surface area contributed by atoms with E-state index >= 15 is 0 Å². The van der Waals surface area contributed by atoms with E-state index in [0.29, 0.717) is 10.8 Å². The summed E-state index contributed by atoms with van der Waals surface area (Å²) in [6.07, 6.45) is 6.91. The summed E-state index contributed by atoms with van der Waals surface area (Å²) < 4.78 is 5.17. The molecule has 2 nitrogen and oxygen atoms in total. The third-order valence-electron chi connectivity index (χ3n) is 3.88. The lowest BCUT2D eigenvalue weighted by Gasteiger charge is -2.15. The van der Waals surface area contributed by atoms with E-state index < -0.39 is 6.10 Å². The number of aliphatic hydroxyl groups excluding tert-OH is 1. The van der Waals surface area contributed by atoms with E-state index in [1.807, 2.05) is 12.1 Å². The second-order valence-corrected chi connectivity index (χ2v) is 5.54. The molecule has 0 spiro atoms. The number of hydrogen-bond donors (Lipinski definition) is 1. The first-order valence-corrected chi connectivity index (χ1v) is 7.10. The summed E-state index contributed by atoms with van der Waals surface area (Å²) in [4.78, 5) is 0. The molecular weight excluding hydrogens is 248 g/mol. The van der Waals surface area contributed by atoms with Crippen molar-refractivity contribution in [2.75, 3.05) is 7.11 Å². The molecule has 100 valence electrons. The molecule has 1 aromatic rings. The fourth-order valence-electron chi connectivity index (χ4n) is 2.74. The number of halogens is 1. The van der Waals surface area contributed by atoms with Crippen molar-refractivity contribution in [1.82, 2.24) is 0 Å². The second-order valence-electron chi connectivity index (χ2n) is 5.14. The first-order chi connectivity index (χ1) is 8.70. The third kappa shape index (κ3) is 3.39. The molecule has 1 saturated carbocycles. The zero-order chi connectivity index (χ0) is 13.0. The lowest BCUT2D eigenvalue weighted by atomic mass is 9.96. The Morgan fingerprint density at radius 3 is 2.78 bits per heavy atom. The Morgan fingerprint density at radius 1 is 1.39 bits per heavy atom. The van der Waals surface area contributed by atoms with Crippen molar-refractivity contribution in [3.8, 4) is 5.75 Å². The van der Waals surface area contributed by atoms with Gasteiger partial charge in [-0.3, -0.25) is 0 Å². The fraction of sp³-hybridized carbons (Fsp3) is 0.600. The average molecular weight is 269 g/mol. The maximum absolute atomic E-state index is 10.2. The monoisotopic (exact) mass is 268 g/mol. The highest BCUT2D eigenvalue weighted by atomic mass is 35.5. The smallest absolute Gasteiger partial charge is 0.137 e. The number of aliphatic hydroxyl groups is 1. The van der Waals surface area contributed by atoms with Crippen LogP contribution in [-0.4, -0.2) is 12.2 Å². The van der Waals surface area contributed by atoms with Crippen LogP contribution in [0.1, 0.15) is 50.2 Å². The van der Waals surface area contributed by atoms with Crippen LogP contribution in [-0.2, 0) is 0 Å². The summed E-state index contributed by atoms with van der Waals surface area (Å²) in [5.41, 5.74) is 0.897. The van der Waals surface area contributed by atoms with Gasteiger partial charge in [0.15, 0.2) is 0 Å². The molecule has 0 heterocycles. The minimum absolute atomic E-state index is 0.406. The molecule has 1 aromatic carbocycles. The highest BCUT2D eigenvalue weighted by Gasteiger charge is 2.17. The largest absolute Gasteiger partial charge is 0.495 e. The number of benzene rings is 1. The van der Waals surface area contributed by atoms with Crippen LogP contribution in [0.25, 0.3) is 0 Å². The molecule has 0 bridgehead atoms. The maximum atomic E-state index is 10.2. The Hall–Kier alpha value is -0.730. The Kier molecular flexibility index (Phi) is 4.90. The predicted molar refractivity (Wildman–Crippen MR) is 74.2 cm³/mol. The molecule has 3 heteroatoms. The Bertz CT molecular complexity index is 386. The van der Waals surface area contributed by atoms with Crippen LogP contribution >= 0.6 is 11.6 Å². The minimum atomic E-state index is -0.406. The molecule has 0 amide bonds. The first-order valence-electron chi connectivity index (χ1n) is 6.72. The van der Waals surface area contributed by atoms with Crippen molar-refractivity contribution in [3.05, 3.63) is 28.8 Å². The van der Waals surface area contributed by atoms with Crippen molar-refractivity contribution in [3.63, 3.8) is 0 Å². The highest BCUT2D eigenvalue weighted by Crippen LogP contribution is 2.33. The van der Waals surface area contributed by atoms with Gasteiger partial charge in [-0.25, -0.2) is 0 Å². The van der Waals surface area contributed by atoms with Crippen LogP contribution in [0, 0.1) is 5.92 Å². The first kappa shape index (κ1) is 13.7. The molecule has 2 rings (SSSR count). The van der Waals surface area contributed by atoms with Crippen LogP contribution in [0.3, 0.4) is 0 Å². The molecule has 1 fully saturated rings. The predicted octanol–water partition coefficient (Wildman–Crippen LogP) is 4.35. The average Bonchev–Trinajstić information content (AvgIpc) is 2.89. The topological polar surface area (TPSA) is 29.5 Å². The summed E-state index contributed by atoms with van der Waals surface area (Å²) >= 11 is 5.98. The van der Waals surface area contributed by atoms with Gasteiger partial charge in [0.2, 0.25) is 0 Å². The van der Waals surface area contributed by atoms with Gasteiger partial charge in [0.25, 0.3) is 0 Å². The molecule has 0 saturated heterocycles. The van der Waals surface area contributed by atoms with Crippen LogP contribution in [0.4, 0.5) is 0 Å². The molecule has 1 N–H and O–H groups in total. The Balaban J connectivity index is 1.93. The van der Waals surface area contributed by atoms with Crippen molar-refractivity contribution in [2.24, 2.45) is 5.92 Å². The lowest BCUT2D eigenvalue weighted by Crippen LogP contribution is -2.02. The molecule has 0 aromatic heterocycles. The summed E-state index contributed by atoms with van der Waals surface area (Å²) in [7, 11) is 1.59. The van der Waals surface area contributed by atoms with Crippen LogP contribution < -0.4 is 4.74 Å². The molecule has 0 radical (unpaired) electrons. The van der Waals surface area contributed by atoms with E-state index in [2.05, 4.69) is 0 Å². The van der Waals surface area contributed by atoms with E-state index in [-0.39, 0.29) is 0 Å². The number of rotatable bonds is 5. The standard InChI is InChI=1S/C15H21ClO2/c1-18-15-10-12(7-8-13(15)16)14(17)9-6-11-4-2-3-5-11/h7-8,10-11,14,17H,2-6,9H2,1H3. The summed E-state index contributed by atoms with van der Waals surface area (Å²) in [5.74, 6) is 1.45. The van der Waals surface area contributed by atoms with Crippen molar-refractivity contribution in [2.45, 2.75) is 44.6 Å². The van der Waals surface area contributed by atoms with Crippen molar-refractivity contribution < 1.29 is 9.84 Å². The van der Waals surface area contributed by atoms with E-state index in [9.17, 15) is 5.11 Å². The van der Waals surface area contributed by atoms with Gasteiger partial charge in [-0.2, -0.15) is 0 Å². The number of hydrogen-bond acceptors (Lipinski definition) is 2. The van der Waals surface area contributed by atoms with Crippen molar-refractivity contribution >= 4 is 11.6 Å². The van der Waals surface area contributed by atoms with Gasteiger partial charge in [-0.05, 0) is 36.5 Å². The van der Waals surface area contributed by atoms with Gasteiger partial charge in [-0.15, -0.1) is 0 Å². The summed E-state index contributed by atoms with van der Waals surface area (Å²) in [6, 6.07) is 5.50. The Morgan fingerprint density at radius 2 is 2.11 bits per heavy atom. The van der Waals surface area contributed by atoms with E-state index in [1.54, 1.807) is 13.2 Å². The van der Waals surface area contributed by atoms with Crippen LogP contribution in [0.15, 0.2) is 18.2 Å². The molecular formula is C15H21ClO2. The van der Waals surface area contributed by atoms with Gasteiger partial charge in [-0.1, -0.05) is 43.4 Å². The molecule has 0 aliphatic heterocycles. The quantitative estimate of drug-likeness (QED) is 0.860. The molecule has 1 unspecified atom stereocenters. The molecule has 1 atom stereocenters. The van der Waals surface area contributed by atoms with Gasteiger partial charge in [0.05, 0.1) is 18.2 Å². The zero-order valence-corrected chi connectivity index (χ0v) is 11.6. The maximum Gasteiger partial charge on any atom is 0.137 e. The van der Waals surface area contributed by atoms with Gasteiger partial charge >= 0.3 is 0 Å². The summed E-state index contributed by atoms with van der Waals surface area (Å²) in [5, 5.41) is 10.8. The van der Waals surface area contributed by atoms with Gasteiger partial charge < -0.3 is 9.84 Å². The van der Waals surface area contributed by atoms with E-state index in [4.69, 9.17) is 16.3 Å². The highest BCUT2D eigenvalue weighted by molar-refractivity contribution is 6.32. The normalized spacial score (nSPS) is 17.9. The minimum Gasteiger partial charge on any atom is -0.495 e.